The molecule has 1 aliphatic rings. The van der Waals surface area contributed by atoms with E-state index >= 15 is 0 Å². The SMILES string of the molecule is CCN(CCN1CCCCCC1=O)C(C)Cc1ccc(C(c2ccccc2)(c2ccccc2)c2ccccc2)cc1. The molecule has 0 aliphatic carbocycles. The highest BCUT2D eigenvalue weighted by Gasteiger charge is 2.38. The van der Waals surface area contributed by atoms with Crippen LogP contribution in [0.2, 0.25) is 0 Å². The van der Waals surface area contributed by atoms with E-state index in [1.165, 1.54) is 34.2 Å². The van der Waals surface area contributed by atoms with E-state index in [4.69, 9.17) is 0 Å². The summed E-state index contributed by atoms with van der Waals surface area (Å²) in [5.74, 6) is 0.334. The maximum absolute atomic E-state index is 12.5. The average Bonchev–Trinajstić information content (AvgIpc) is 3.24. The molecule has 1 heterocycles. The number of carbonyl (C=O) groups excluding carboxylic acids is 1. The molecule has 3 nitrogen and oxygen atoms in total. The van der Waals surface area contributed by atoms with Gasteiger partial charge in [-0.25, -0.2) is 0 Å². The topological polar surface area (TPSA) is 23.6 Å². The number of likely N-dealkylation sites (N-methyl/N-ethyl adjacent to an activating group) is 1. The van der Waals surface area contributed by atoms with Crippen LogP contribution in [0.15, 0.2) is 115 Å². The van der Waals surface area contributed by atoms with Gasteiger partial charge in [0.15, 0.2) is 0 Å². The van der Waals surface area contributed by atoms with Gasteiger partial charge in [-0.15, -0.1) is 0 Å². The van der Waals surface area contributed by atoms with Crippen LogP contribution in [0.5, 0.6) is 0 Å². The summed E-state index contributed by atoms with van der Waals surface area (Å²) in [6, 6.07) is 42.4. The number of rotatable bonds is 11. The van der Waals surface area contributed by atoms with Gasteiger partial charge in [-0.3, -0.25) is 9.69 Å². The minimum absolute atomic E-state index is 0.334. The highest BCUT2D eigenvalue weighted by molar-refractivity contribution is 5.76. The highest BCUT2D eigenvalue weighted by Crippen LogP contribution is 2.45. The Labute approximate surface area is 246 Å². The molecule has 0 radical (unpaired) electrons. The second-order valence-corrected chi connectivity index (χ2v) is 11.4. The van der Waals surface area contributed by atoms with Crippen molar-refractivity contribution in [2.75, 3.05) is 26.2 Å². The van der Waals surface area contributed by atoms with Gasteiger partial charge in [-0.05, 0) is 60.5 Å². The Morgan fingerprint density at radius 3 is 1.73 bits per heavy atom. The minimum atomic E-state index is -0.414. The smallest absolute Gasteiger partial charge is 0.222 e. The van der Waals surface area contributed by atoms with Gasteiger partial charge in [-0.2, -0.15) is 0 Å². The molecule has 1 atom stereocenters. The molecule has 1 saturated heterocycles. The largest absolute Gasteiger partial charge is 0.341 e. The van der Waals surface area contributed by atoms with E-state index < -0.39 is 5.41 Å². The van der Waals surface area contributed by atoms with Crippen LogP contribution in [0.1, 0.15) is 67.3 Å². The quantitative estimate of drug-likeness (QED) is 0.180. The Morgan fingerprint density at radius 2 is 1.22 bits per heavy atom. The lowest BCUT2D eigenvalue weighted by molar-refractivity contribution is -0.130. The van der Waals surface area contributed by atoms with Crippen LogP contribution < -0.4 is 0 Å². The zero-order chi connectivity index (χ0) is 28.5. The molecule has 3 heteroatoms. The first kappa shape index (κ1) is 28.8. The third kappa shape index (κ3) is 6.47. The number of likely N-dealkylation sites (tertiary alicyclic amines) is 1. The van der Waals surface area contributed by atoms with Gasteiger partial charge in [0, 0.05) is 32.1 Å². The van der Waals surface area contributed by atoms with E-state index in [9.17, 15) is 4.79 Å². The van der Waals surface area contributed by atoms with Gasteiger partial charge in [0.1, 0.15) is 0 Å². The van der Waals surface area contributed by atoms with E-state index in [1.54, 1.807) is 0 Å². The van der Waals surface area contributed by atoms with Gasteiger partial charge >= 0.3 is 0 Å². The zero-order valence-electron chi connectivity index (χ0n) is 24.7. The highest BCUT2D eigenvalue weighted by atomic mass is 16.2. The summed E-state index contributed by atoms with van der Waals surface area (Å²) in [7, 11) is 0. The minimum Gasteiger partial charge on any atom is -0.341 e. The fraction of sp³-hybridized carbons (Fsp3) is 0.342. The van der Waals surface area contributed by atoms with E-state index in [0.29, 0.717) is 18.4 Å². The molecule has 1 aliphatic heterocycles. The molecule has 212 valence electrons. The Bertz CT molecular complexity index is 1260. The zero-order valence-corrected chi connectivity index (χ0v) is 24.7. The number of hydrogen-bond donors (Lipinski definition) is 0. The first-order valence-corrected chi connectivity index (χ1v) is 15.4. The van der Waals surface area contributed by atoms with Crippen molar-refractivity contribution in [3.05, 3.63) is 143 Å². The predicted octanol–water partition coefficient (Wildman–Crippen LogP) is 7.72. The van der Waals surface area contributed by atoms with Gasteiger partial charge in [0.2, 0.25) is 5.91 Å². The molecule has 0 aromatic heterocycles. The summed E-state index contributed by atoms with van der Waals surface area (Å²) in [6.07, 6.45) is 5.04. The Hall–Kier alpha value is -3.69. The van der Waals surface area contributed by atoms with Crippen LogP contribution in [0.3, 0.4) is 0 Å². The van der Waals surface area contributed by atoms with Gasteiger partial charge in [-0.1, -0.05) is 129 Å². The van der Waals surface area contributed by atoms with Crippen molar-refractivity contribution >= 4 is 5.91 Å². The molecule has 4 aromatic carbocycles. The summed E-state index contributed by atoms with van der Waals surface area (Å²) in [5, 5.41) is 0. The summed E-state index contributed by atoms with van der Waals surface area (Å²) in [4.78, 5) is 17.1. The van der Waals surface area contributed by atoms with Crippen LogP contribution in [-0.4, -0.2) is 47.9 Å². The summed E-state index contributed by atoms with van der Waals surface area (Å²) in [5.41, 5.74) is 5.98. The van der Waals surface area contributed by atoms with Crippen molar-refractivity contribution in [2.45, 2.75) is 57.4 Å². The molecule has 0 N–H and O–H groups in total. The fourth-order valence-electron chi connectivity index (χ4n) is 6.64. The normalized spacial score (nSPS) is 15.1. The van der Waals surface area contributed by atoms with Gasteiger partial charge in [0.05, 0.1) is 5.41 Å². The molecule has 1 fully saturated rings. The lowest BCUT2D eigenvalue weighted by Gasteiger charge is -2.37. The van der Waals surface area contributed by atoms with E-state index in [1.807, 2.05) is 0 Å². The number of hydrogen-bond acceptors (Lipinski definition) is 2. The molecule has 4 aromatic rings. The van der Waals surface area contributed by atoms with Crippen molar-refractivity contribution in [3.8, 4) is 0 Å². The van der Waals surface area contributed by atoms with Crippen molar-refractivity contribution < 1.29 is 4.79 Å². The van der Waals surface area contributed by atoms with E-state index in [0.717, 1.165) is 45.4 Å². The Morgan fingerprint density at radius 1 is 0.707 bits per heavy atom. The number of amides is 1. The molecule has 1 unspecified atom stereocenters. The third-order valence-electron chi connectivity index (χ3n) is 8.90. The van der Waals surface area contributed by atoms with Crippen LogP contribution in [0.25, 0.3) is 0 Å². The van der Waals surface area contributed by atoms with Crippen molar-refractivity contribution in [2.24, 2.45) is 0 Å². The Balaban J connectivity index is 1.41. The third-order valence-corrected chi connectivity index (χ3v) is 8.90. The van der Waals surface area contributed by atoms with Crippen molar-refractivity contribution in [3.63, 3.8) is 0 Å². The first-order chi connectivity index (χ1) is 20.1. The van der Waals surface area contributed by atoms with E-state index in [2.05, 4.69) is 139 Å². The lowest BCUT2D eigenvalue weighted by Crippen LogP contribution is -2.42. The molecule has 0 saturated carbocycles. The monoisotopic (exact) mass is 544 g/mol. The lowest BCUT2D eigenvalue weighted by atomic mass is 9.65. The molecule has 0 bridgehead atoms. The van der Waals surface area contributed by atoms with Gasteiger partial charge in [0.25, 0.3) is 0 Å². The second kappa shape index (κ2) is 13.8. The van der Waals surface area contributed by atoms with Gasteiger partial charge < -0.3 is 4.90 Å². The summed E-state index contributed by atoms with van der Waals surface area (Å²) in [6.45, 7) is 8.23. The number of benzene rings is 4. The maximum Gasteiger partial charge on any atom is 0.222 e. The maximum atomic E-state index is 12.5. The summed E-state index contributed by atoms with van der Waals surface area (Å²) >= 11 is 0. The van der Waals surface area contributed by atoms with Crippen LogP contribution in [0, 0.1) is 0 Å². The molecular weight excluding hydrogens is 500 g/mol. The second-order valence-electron chi connectivity index (χ2n) is 11.4. The van der Waals surface area contributed by atoms with E-state index in [-0.39, 0.29) is 0 Å². The number of nitrogens with zero attached hydrogens (tertiary/aromatic N) is 2. The molecule has 5 rings (SSSR count). The van der Waals surface area contributed by atoms with Crippen molar-refractivity contribution in [1.82, 2.24) is 9.80 Å². The number of carbonyl (C=O) groups is 1. The van der Waals surface area contributed by atoms with Crippen LogP contribution in [0.4, 0.5) is 0 Å². The average molecular weight is 545 g/mol. The van der Waals surface area contributed by atoms with Crippen LogP contribution in [-0.2, 0) is 16.6 Å². The van der Waals surface area contributed by atoms with Crippen LogP contribution >= 0.6 is 0 Å². The standard InChI is InChI=1S/C38H44N2O/c1-3-39(28-29-40-27-15-7-14-22-37(40)41)31(2)30-32-23-25-36(26-24-32)38(33-16-8-4-9-17-33,34-18-10-5-11-19-34)35-20-12-6-13-21-35/h4-6,8-13,16-21,23-26,31H,3,7,14-15,22,27-30H2,1-2H3. The predicted molar refractivity (Wildman–Crippen MR) is 170 cm³/mol. The summed E-state index contributed by atoms with van der Waals surface area (Å²) < 4.78 is 0. The molecular formula is C38H44N2O. The molecule has 1 amide bonds. The first-order valence-electron chi connectivity index (χ1n) is 15.4. The Kier molecular flexibility index (Phi) is 9.69. The molecule has 0 spiro atoms. The van der Waals surface area contributed by atoms with Crippen molar-refractivity contribution in [1.29, 1.82) is 0 Å². The fourth-order valence-corrected chi connectivity index (χ4v) is 6.64. The molecule has 41 heavy (non-hydrogen) atoms.